The summed E-state index contributed by atoms with van der Waals surface area (Å²) in [7, 11) is 0. The number of benzene rings is 1. The molecule has 2 N–H and O–H groups in total. The van der Waals surface area contributed by atoms with Crippen LogP contribution in [-0.4, -0.2) is 21.4 Å². The molecule has 6 heteroatoms. The van der Waals surface area contributed by atoms with Gasteiger partial charge in [-0.25, -0.2) is 18.4 Å². The van der Waals surface area contributed by atoms with E-state index in [2.05, 4.69) is 16.7 Å². The molecule has 1 aromatic carbocycles. The maximum absolute atomic E-state index is 14.4. The van der Waals surface area contributed by atoms with Gasteiger partial charge in [-0.2, -0.15) is 5.10 Å². The van der Waals surface area contributed by atoms with Crippen LogP contribution < -0.4 is 5.73 Å². The summed E-state index contributed by atoms with van der Waals surface area (Å²) in [5.41, 5.74) is 7.29. The fraction of sp³-hybridized carbons (Fsp3) is 0.333. The smallest absolute Gasteiger partial charge is 0.184 e. The Balaban J connectivity index is 2.54. The Bertz CT molecular complexity index is 830. The number of aromatic nitrogens is 3. The van der Waals surface area contributed by atoms with Crippen molar-refractivity contribution in [1.82, 2.24) is 14.8 Å². The molecule has 0 aliphatic rings. The number of allylic oxidation sites excluding steroid dienone is 5. The lowest BCUT2D eigenvalue weighted by Gasteiger charge is -2.26. The molecule has 0 spiro atoms. The molecule has 1 atom stereocenters. The first kappa shape index (κ1) is 20.7. The molecule has 144 valence electrons. The first-order valence-electron chi connectivity index (χ1n) is 8.77. The molecule has 0 saturated carbocycles. The van der Waals surface area contributed by atoms with E-state index in [1.54, 1.807) is 4.68 Å². The van der Waals surface area contributed by atoms with Crippen LogP contribution in [0, 0.1) is 5.41 Å². The van der Waals surface area contributed by atoms with Gasteiger partial charge < -0.3 is 5.73 Å². The largest absolute Gasteiger partial charge is 0.321 e. The van der Waals surface area contributed by atoms with Gasteiger partial charge in [0.1, 0.15) is 18.3 Å². The predicted molar refractivity (Wildman–Crippen MR) is 105 cm³/mol. The molecule has 2 aromatic rings. The van der Waals surface area contributed by atoms with Gasteiger partial charge in [0.25, 0.3) is 0 Å². The van der Waals surface area contributed by atoms with Crippen LogP contribution in [0.4, 0.5) is 8.78 Å². The Hall–Kier alpha value is -2.60. The number of hydrogen-bond acceptors (Lipinski definition) is 3. The molecular formula is C21H26F2N4. The van der Waals surface area contributed by atoms with Crippen molar-refractivity contribution in [2.45, 2.75) is 33.4 Å². The standard InChI is InChI=1S/C21H26F2N4/c1-5-16(17(23)12-9-13-22)19-25-20(18(24)21(2,3)4)27(26-19)14-15-10-7-6-8-11-15/h5-12,18H,1,13-14,24H2,2-4H3/b12-9-,17-16-/t18-/m0/s1. The molecule has 0 saturated heterocycles. The highest BCUT2D eigenvalue weighted by Gasteiger charge is 2.28. The van der Waals surface area contributed by atoms with Crippen molar-refractivity contribution in [2.75, 3.05) is 6.67 Å². The number of nitrogens with zero attached hydrogens (tertiary/aromatic N) is 3. The average molecular weight is 372 g/mol. The van der Waals surface area contributed by atoms with E-state index in [1.807, 2.05) is 51.1 Å². The average Bonchev–Trinajstić information content (AvgIpc) is 3.03. The molecule has 0 radical (unpaired) electrons. The molecule has 0 unspecified atom stereocenters. The number of rotatable bonds is 7. The maximum Gasteiger partial charge on any atom is 0.184 e. The van der Waals surface area contributed by atoms with Crippen LogP contribution in [0.3, 0.4) is 0 Å². The number of alkyl halides is 1. The molecule has 0 aliphatic heterocycles. The second-order valence-corrected chi connectivity index (χ2v) is 7.30. The van der Waals surface area contributed by atoms with Gasteiger partial charge in [-0.1, -0.05) is 69.8 Å². The highest BCUT2D eigenvalue weighted by atomic mass is 19.1. The quantitative estimate of drug-likeness (QED) is 0.713. The maximum atomic E-state index is 14.4. The molecule has 2 rings (SSSR count). The summed E-state index contributed by atoms with van der Waals surface area (Å²) in [6.45, 7) is 9.36. The van der Waals surface area contributed by atoms with Crippen LogP contribution in [0.15, 0.2) is 61.0 Å². The van der Waals surface area contributed by atoms with E-state index >= 15 is 0 Å². The Labute approximate surface area is 159 Å². The van der Waals surface area contributed by atoms with E-state index < -0.39 is 18.5 Å². The van der Waals surface area contributed by atoms with Crippen molar-refractivity contribution in [3.05, 3.63) is 78.2 Å². The van der Waals surface area contributed by atoms with E-state index in [-0.39, 0.29) is 16.8 Å². The lowest BCUT2D eigenvalue weighted by atomic mass is 9.87. The fourth-order valence-corrected chi connectivity index (χ4v) is 2.49. The van der Waals surface area contributed by atoms with Crippen LogP contribution in [0.5, 0.6) is 0 Å². The molecule has 0 amide bonds. The summed E-state index contributed by atoms with van der Waals surface area (Å²) in [6, 6.07) is 9.35. The minimum absolute atomic E-state index is 0.105. The van der Waals surface area contributed by atoms with Gasteiger partial charge in [-0.15, -0.1) is 0 Å². The van der Waals surface area contributed by atoms with Crippen molar-refractivity contribution in [2.24, 2.45) is 11.1 Å². The Morgan fingerprint density at radius 1 is 1.30 bits per heavy atom. The van der Waals surface area contributed by atoms with E-state index in [9.17, 15) is 8.78 Å². The second-order valence-electron chi connectivity index (χ2n) is 7.30. The molecule has 1 aromatic heterocycles. The third-order valence-electron chi connectivity index (χ3n) is 4.14. The molecule has 1 heterocycles. The van der Waals surface area contributed by atoms with Gasteiger partial charge in [0.05, 0.1) is 18.2 Å². The molecule has 27 heavy (non-hydrogen) atoms. The van der Waals surface area contributed by atoms with E-state index in [4.69, 9.17) is 5.73 Å². The number of nitrogens with two attached hydrogens (primary N) is 1. The zero-order chi connectivity index (χ0) is 20.0. The van der Waals surface area contributed by atoms with E-state index in [0.29, 0.717) is 12.4 Å². The Morgan fingerprint density at radius 3 is 2.52 bits per heavy atom. The summed E-state index contributed by atoms with van der Waals surface area (Å²) < 4.78 is 28.4. The van der Waals surface area contributed by atoms with Crippen molar-refractivity contribution >= 4 is 5.57 Å². The summed E-state index contributed by atoms with van der Waals surface area (Å²) in [5, 5.41) is 4.47. The zero-order valence-corrected chi connectivity index (χ0v) is 16.0. The summed E-state index contributed by atoms with van der Waals surface area (Å²) in [6.07, 6.45) is 3.46. The SMILES string of the molecule is C=C/C(=C(F)\C=C/CF)c1nc([C@H](N)C(C)(C)C)n(Cc2ccccc2)n1. The molecular weight excluding hydrogens is 346 g/mol. The van der Waals surface area contributed by atoms with Gasteiger partial charge in [0.2, 0.25) is 0 Å². The van der Waals surface area contributed by atoms with Crippen LogP contribution in [-0.2, 0) is 6.54 Å². The minimum atomic E-state index is -0.756. The first-order chi connectivity index (χ1) is 12.8. The van der Waals surface area contributed by atoms with Gasteiger partial charge in [-0.05, 0) is 17.1 Å². The highest BCUT2D eigenvalue weighted by Crippen LogP contribution is 2.31. The summed E-state index contributed by atoms with van der Waals surface area (Å²) >= 11 is 0. The normalized spacial score (nSPS) is 14.3. The highest BCUT2D eigenvalue weighted by molar-refractivity contribution is 5.72. The fourth-order valence-electron chi connectivity index (χ4n) is 2.49. The van der Waals surface area contributed by atoms with Crippen LogP contribution >= 0.6 is 0 Å². The van der Waals surface area contributed by atoms with Crippen molar-refractivity contribution in [3.63, 3.8) is 0 Å². The number of halogens is 2. The zero-order valence-electron chi connectivity index (χ0n) is 16.0. The van der Waals surface area contributed by atoms with Gasteiger partial charge >= 0.3 is 0 Å². The Morgan fingerprint density at radius 2 is 1.96 bits per heavy atom. The summed E-state index contributed by atoms with van der Waals surface area (Å²) in [5.74, 6) is 0.0926. The topological polar surface area (TPSA) is 56.7 Å². The lowest BCUT2D eigenvalue weighted by Crippen LogP contribution is -2.29. The van der Waals surface area contributed by atoms with Gasteiger partial charge in [0.15, 0.2) is 5.82 Å². The predicted octanol–water partition coefficient (Wildman–Crippen LogP) is 4.76. The Kier molecular flexibility index (Phi) is 6.80. The van der Waals surface area contributed by atoms with E-state index in [0.717, 1.165) is 17.7 Å². The molecule has 0 bridgehead atoms. The van der Waals surface area contributed by atoms with Gasteiger partial charge in [0, 0.05) is 0 Å². The monoisotopic (exact) mass is 372 g/mol. The van der Waals surface area contributed by atoms with Gasteiger partial charge in [-0.3, -0.25) is 0 Å². The number of hydrogen-bond donors (Lipinski definition) is 1. The molecule has 0 aliphatic carbocycles. The third-order valence-corrected chi connectivity index (χ3v) is 4.14. The molecule has 0 fully saturated rings. The van der Waals surface area contributed by atoms with Crippen molar-refractivity contribution in [1.29, 1.82) is 0 Å². The van der Waals surface area contributed by atoms with Crippen molar-refractivity contribution in [3.8, 4) is 0 Å². The van der Waals surface area contributed by atoms with Crippen molar-refractivity contribution < 1.29 is 8.78 Å². The van der Waals surface area contributed by atoms with Crippen LogP contribution in [0.1, 0.15) is 44.0 Å². The summed E-state index contributed by atoms with van der Waals surface area (Å²) in [4.78, 5) is 4.50. The second kappa shape index (κ2) is 8.86. The minimum Gasteiger partial charge on any atom is -0.321 e. The molecule has 4 nitrogen and oxygen atoms in total. The van der Waals surface area contributed by atoms with Crippen LogP contribution in [0.25, 0.3) is 5.57 Å². The lowest BCUT2D eigenvalue weighted by molar-refractivity contribution is 0.306. The first-order valence-corrected chi connectivity index (χ1v) is 8.77. The van der Waals surface area contributed by atoms with Crippen LogP contribution in [0.2, 0.25) is 0 Å². The third kappa shape index (κ3) is 5.20. The van der Waals surface area contributed by atoms with E-state index in [1.165, 1.54) is 6.08 Å².